The quantitative estimate of drug-likeness (QED) is 0.193. The molecule has 11 heteroatoms. The number of benzene rings is 3. The number of anilines is 2. The van der Waals surface area contributed by atoms with Gasteiger partial charge in [-0.05, 0) is 85.1 Å². The smallest absolute Gasteiger partial charge is 0.257 e. The Morgan fingerprint density at radius 1 is 0.905 bits per heavy atom. The Bertz CT molecular complexity index is 1770. The summed E-state index contributed by atoms with van der Waals surface area (Å²) in [6.45, 7) is -0.472. The van der Waals surface area contributed by atoms with Gasteiger partial charge in [-0.2, -0.15) is 5.10 Å². The van der Waals surface area contributed by atoms with E-state index >= 15 is 0 Å². The Labute approximate surface area is 238 Å². The maximum Gasteiger partial charge on any atom is 0.257 e. The highest BCUT2D eigenvalue weighted by Crippen LogP contribution is 2.47. The zero-order chi connectivity index (χ0) is 29.3. The molecule has 1 fully saturated rings. The second-order valence-corrected chi connectivity index (χ2v) is 10.0. The van der Waals surface area contributed by atoms with Crippen LogP contribution in [0.15, 0.2) is 91.4 Å². The third-order valence-corrected chi connectivity index (χ3v) is 7.06. The molecular formula is C31H24F3N5O3. The molecule has 2 N–H and O–H groups in total. The number of pyridine rings is 1. The lowest BCUT2D eigenvalue weighted by Crippen LogP contribution is -2.35. The number of carbonyl (C=O) groups excluding carboxylic acids is 2. The Morgan fingerprint density at radius 3 is 2.21 bits per heavy atom. The lowest BCUT2D eigenvalue weighted by atomic mass is 10.0. The first kappa shape index (κ1) is 27.0. The van der Waals surface area contributed by atoms with Crippen molar-refractivity contribution in [2.24, 2.45) is 5.41 Å². The van der Waals surface area contributed by atoms with E-state index in [1.807, 2.05) is 18.2 Å². The molecule has 1 aliphatic carbocycles. The lowest BCUT2D eigenvalue weighted by Gasteiger charge is -2.16. The van der Waals surface area contributed by atoms with Crippen molar-refractivity contribution in [2.45, 2.75) is 25.8 Å². The molecule has 6 rings (SSSR count). The molecule has 5 aromatic rings. The number of amides is 2. The van der Waals surface area contributed by atoms with E-state index in [-0.39, 0.29) is 0 Å². The molecule has 2 aromatic heterocycles. The number of carbonyl (C=O) groups is 2. The van der Waals surface area contributed by atoms with Gasteiger partial charge in [-0.1, -0.05) is 6.07 Å². The van der Waals surface area contributed by atoms with Crippen LogP contribution in [0.5, 0.6) is 11.5 Å². The second-order valence-electron chi connectivity index (χ2n) is 10.0. The molecule has 0 spiro atoms. The van der Waals surface area contributed by atoms with Crippen LogP contribution >= 0.6 is 0 Å². The van der Waals surface area contributed by atoms with Gasteiger partial charge in [0.1, 0.15) is 29.3 Å². The molecule has 0 atom stereocenters. The highest BCUT2D eigenvalue weighted by molar-refractivity contribution is 6.16. The van der Waals surface area contributed by atoms with E-state index in [9.17, 15) is 22.8 Å². The summed E-state index contributed by atoms with van der Waals surface area (Å²) in [5, 5.41) is 10.2. The normalized spacial score (nSPS) is 13.6. The number of alkyl halides is 2. The van der Waals surface area contributed by atoms with Gasteiger partial charge in [0.05, 0.1) is 11.7 Å². The second kappa shape index (κ2) is 11.0. The summed E-state index contributed by atoms with van der Waals surface area (Å²) in [5.41, 5.74) is 1.90. The fraction of sp³-hybridized carbons (Fsp3) is 0.161. The summed E-state index contributed by atoms with van der Waals surface area (Å²) in [5.74, 6) is -0.173. The van der Waals surface area contributed by atoms with Gasteiger partial charge in [-0.15, -0.1) is 0 Å². The minimum Gasteiger partial charge on any atom is -0.457 e. The molecule has 2 heterocycles. The molecule has 0 saturated heterocycles. The maximum atomic E-state index is 13.2. The molecule has 42 heavy (non-hydrogen) atoms. The van der Waals surface area contributed by atoms with Crippen LogP contribution in [0, 0.1) is 11.2 Å². The monoisotopic (exact) mass is 571 g/mol. The first-order valence-corrected chi connectivity index (χ1v) is 13.2. The number of hydrogen-bond donors (Lipinski definition) is 2. The molecule has 0 aliphatic heterocycles. The van der Waals surface area contributed by atoms with Gasteiger partial charge in [0.15, 0.2) is 0 Å². The fourth-order valence-corrected chi connectivity index (χ4v) is 4.59. The molecule has 0 radical (unpaired) electrons. The Morgan fingerprint density at radius 2 is 1.57 bits per heavy atom. The third kappa shape index (κ3) is 5.67. The van der Waals surface area contributed by atoms with E-state index in [1.165, 1.54) is 35.1 Å². The highest BCUT2D eigenvalue weighted by atomic mass is 19.3. The largest absolute Gasteiger partial charge is 0.457 e. The molecule has 1 aliphatic rings. The highest BCUT2D eigenvalue weighted by Gasteiger charge is 2.56. The Balaban J connectivity index is 1.11. The number of nitrogens with one attached hydrogen (secondary N) is 2. The van der Waals surface area contributed by atoms with Crippen molar-refractivity contribution >= 4 is 34.1 Å². The molecule has 2 amide bonds. The van der Waals surface area contributed by atoms with Gasteiger partial charge < -0.3 is 15.4 Å². The van der Waals surface area contributed by atoms with Crippen LogP contribution in [0.25, 0.3) is 22.0 Å². The van der Waals surface area contributed by atoms with E-state index in [1.54, 1.807) is 42.7 Å². The van der Waals surface area contributed by atoms with E-state index < -0.39 is 36.0 Å². The first-order chi connectivity index (χ1) is 20.3. The summed E-state index contributed by atoms with van der Waals surface area (Å²) < 4.78 is 45.8. The van der Waals surface area contributed by atoms with E-state index in [0.29, 0.717) is 46.8 Å². The van der Waals surface area contributed by atoms with E-state index in [4.69, 9.17) is 4.74 Å². The number of rotatable bonds is 9. The maximum absolute atomic E-state index is 13.2. The third-order valence-electron chi connectivity index (χ3n) is 7.06. The number of hydrogen-bond acceptors (Lipinski definition) is 5. The van der Waals surface area contributed by atoms with Crippen LogP contribution in [0.3, 0.4) is 0 Å². The molecule has 0 bridgehead atoms. The fourth-order valence-electron chi connectivity index (χ4n) is 4.59. The van der Waals surface area contributed by atoms with Crippen molar-refractivity contribution in [3.63, 3.8) is 0 Å². The summed E-state index contributed by atoms with van der Waals surface area (Å²) in [6.07, 6.45) is 3.06. The number of halogens is 3. The van der Waals surface area contributed by atoms with Crippen molar-refractivity contribution in [1.29, 1.82) is 0 Å². The van der Waals surface area contributed by atoms with Crippen LogP contribution in [0.1, 0.15) is 12.8 Å². The average molecular weight is 572 g/mol. The van der Waals surface area contributed by atoms with Gasteiger partial charge in [0.2, 0.25) is 11.8 Å². The van der Waals surface area contributed by atoms with Crippen molar-refractivity contribution in [1.82, 2.24) is 14.8 Å². The average Bonchev–Trinajstić information content (AvgIpc) is 3.68. The van der Waals surface area contributed by atoms with E-state index in [0.717, 1.165) is 10.9 Å². The van der Waals surface area contributed by atoms with E-state index in [2.05, 4.69) is 20.7 Å². The van der Waals surface area contributed by atoms with Crippen LogP contribution in [0.4, 0.5) is 24.5 Å². The zero-order valence-corrected chi connectivity index (χ0v) is 22.1. The van der Waals surface area contributed by atoms with Gasteiger partial charge in [-0.25, -0.2) is 13.2 Å². The van der Waals surface area contributed by atoms with Crippen molar-refractivity contribution in [3.05, 3.63) is 97.2 Å². The van der Waals surface area contributed by atoms with Crippen molar-refractivity contribution in [2.75, 3.05) is 10.6 Å². The standard InChI is InChI=1S/C31H24F3N5O3/c32-21-2-4-22(5-3-21)37-29(40)31(12-13-31)30(41)38-23-6-8-24(9-7-23)42-27-11-14-35-26-15-19(1-10-25(26)27)20-16-36-39(17-20)18-28(33)34/h1-11,14-17,28H,12-13,18H2,(H,37,40)(H,38,41). The summed E-state index contributed by atoms with van der Waals surface area (Å²) in [4.78, 5) is 30.2. The van der Waals surface area contributed by atoms with Crippen LogP contribution in [0.2, 0.25) is 0 Å². The van der Waals surface area contributed by atoms with Gasteiger partial charge in [0.25, 0.3) is 6.43 Å². The topological polar surface area (TPSA) is 98.1 Å². The summed E-state index contributed by atoms with van der Waals surface area (Å²) >= 11 is 0. The van der Waals surface area contributed by atoms with Crippen LogP contribution in [-0.4, -0.2) is 33.0 Å². The molecule has 0 unspecified atom stereocenters. The minimum atomic E-state index is -2.49. The van der Waals surface area contributed by atoms with Crippen LogP contribution in [-0.2, 0) is 16.1 Å². The number of fused-ring (bicyclic) bond motifs is 1. The molecule has 212 valence electrons. The van der Waals surface area contributed by atoms with Crippen LogP contribution < -0.4 is 15.4 Å². The molecule has 3 aromatic carbocycles. The lowest BCUT2D eigenvalue weighted by molar-refractivity contribution is -0.131. The molecular weight excluding hydrogens is 547 g/mol. The number of ether oxygens (including phenoxy) is 1. The molecule has 8 nitrogen and oxygen atoms in total. The van der Waals surface area contributed by atoms with Crippen molar-refractivity contribution < 1.29 is 27.5 Å². The van der Waals surface area contributed by atoms with Gasteiger partial charge >= 0.3 is 0 Å². The predicted octanol–water partition coefficient (Wildman–Crippen LogP) is 6.65. The SMILES string of the molecule is O=C(Nc1ccc(F)cc1)C1(C(=O)Nc2ccc(Oc3ccnc4cc(-c5cnn(CC(F)F)c5)ccc34)cc2)CC1. The number of nitrogens with zero attached hydrogens (tertiary/aromatic N) is 3. The first-order valence-electron chi connectivity index (χ1n) is 13.2. The number of aromatic nitrogens is 3. The Kier molecular flexibility index (Phi) is 7.07. The minimum absolute atomic E-state index is 0.411. The summed E-state index contributed by atoms with van der Waals surface area (Å²) in [6, 6.07) is 19.4. The van der Waals surface area contributed by atoms with Gasteiger partial charge in [0, 0.05) is 34.7 Å². The van der Waals surface area contributed by atoms with Crippen molar-refractivity contribution in [3.8, 4) is 22.6 Å². The van der Waals surface area contributed by atoms with Gasteiger partial charge in [-0.3, -0.25) is 19.3 Å². The molecule has 1 saturated carbocycles. The Hall–Kier alpha value is -5.19. The zero-order valence-electron chi connectivity index (χ0n) is 22.1. The predicted molar refractivity (Wildman–Crippen MR) is 151 cm³/mol. The summed E-state index contributed by atoms with van der Waals surface area (Å²) in [7, 11) is 0.